The minimum Gasteiger partial charge on any atom is -0.456 e. The van der Waals surface area contributed by atoms with E-state index in [1.807, 2.05) is 0 Å². The summed E-state index contributed by atoms with van der Waals surface area (Å²) in [7, 11) is -2.87. The van der Waals surface area contributed by atoms with Crippen LogP contribution in [0.25, 0.3) is 0 Å². The van der Waals surface area contributed by atoms with Crippen molar-refractivity contribution in [1.29, 1.82) is 0 Å². The maximum atomic E-state index is 12.4. The van der Waals surface area contributed by atoms with Crippen molar-refractivity contribution >= 4 is 14.2 Å². The summed E-state index contributed by atoms with van der Waals surface area (Å²) in [5.74, 6) is -0.599. The van der Waals surface area contributed by atoms with Gasteiger partial charge >= 0.3 is 19.9 Å². The smallest absolute Gasteiger partial charge is 0.456 e. The van der Waals surface area contributed by atoms with Gasteiger partial charge in [0.05, 0.1) is 5.56 Å². The van der Waals surface area contributed by atoms with Crippen LogP contribution >= 0.6 is 8.25 Å². The Morgan fingerprint density at radius 1 is 1.36 bits per heavy atom. The summed E-state index contributed by atoms with van der Waals surface area (Å²) in [6.45, 7) is 1.22. The highest BCUT2D eigenvalue weighted by atomic mass is 31.1. The first-order valence-corrected chi connectivity index (χ1v) is 9.51. The van der Waals surface area contributed by atoms with Crippen LogP contribution in [0.1, 0.15) is 28.6 Å². The van der Waals surface area contributed by atoms with E-state index < -0.39 is 43.9 Å². The third-order valence-electron chi connectivity index (χ3n) is 4.25. The molecule has 3 rings (SSSR count). The minimum atomic E-state index is -2.87. The third-order valence-corrected chi connectivity index (χ3v) is 4.62. The van der Waals surface area contributed by atoms with Crippen molar-refractivity contribution < 1.29 is 28.3 Å². The number of aromatic amines is 1. The van der Waals surface area contributed by atoms with Gasteiger partial charge in [0.1, 0.15) is 25.0 Å². The van der Waals surface area contributed by atoms with Crippen molar-refractivity contribution in [2.45, 2.75) is 31.8 Å². The number of hydrogen-bond donors (Lipinski definition) is 2. The van der Waals surface area contributed by atoms with Gasteiger partial charge < -0.3 is 9.47 Å². The largest absolute Gasteiger partial charge is 0.694 e. The zero-order valence-electron chi connectivity index (χ0n) is 14.8. The van der Waals surface area contributed by atoms with Gasteiger partial charge in [-0.15, -0.1) is 9.42 Å². The molecule has 1 saturated heterocycles. The molecule has 4 atom stereocenters. The molecule has 1 aromatic carbocycles. The molecule has 10 nitrogen and oxygen atoms in total. The van der Waals surface area contributed by atoms with Crippen LogP contribution in [0, 0.1) is 6.92 Å². The highest BCUT2D eigenvalue weighted by molar-refractivity contribution is 7.32. The number of carbonyl (C=O) groups excluding carboxylic acids is 1. The molecule has 0 amide bonds. The molecule has 0 radical (unpaired) electrons. The van der Waals surface area contributed by atoms with E-state index in [4.69, 9.17) is 18.9 Å². The average molecular weight is 409 g/mol. The number of aromatic nitrogens is 2. The van der Waals surface area contributed by atoms with Gasteiger partial charge in [-0.25, -0.2) is 9.59 Å². The predicted molar refractivity (Wildman–Crippen MR) is 96.0 cm³/mol. The molecular formula is C17H18N2O8P+. The Bertz CT molecular complexity index is 987. The summed E-state index contributed by atoms with van der Waals surface area (Å²) in [6, 6.07) is 8.29. The van der Waals surface area contributed by atoms with Crippen LogP contribution in [0.3, 0.4) is 0 Å². The Balaban J connectivity index is 1.82. The number of H-pyrrole nitrogens is 1. The molecule has 0 bridgehead atoms. The lowest BCUT2D eigenvalue weighted by molar-refractivity contribution is -0.0479. The number of carbonyl (C=O) groups is 1. The second-order valence-electron chi connectivity index (χ2n) is 6.19. The van der Waals surface area contributed by atoms with Gasteiger partial charge in [-0.05, 0) is 19.1 Å². The molecule has 0 saturated carbocycles. The molecule has 1 aromatic heterocycles. The summed E-state index contributed by atoms with van der Waals surface area (Å²) < 4.78 is 27.9. The van der Waals surface area contributed by atoms with Crippen molar-refractivity contribution in [3.05, 3.63) is 68.5 Å². The highest BCUT2D eigenvalue weighted by Gasteiger charge is 2.41. The van der Waals surface area contributed by atoms with Crippen molar-refractivity contribution in [3.8, 4) is 0 Å². The van der Waals surface area contributed by atoms with E-state index >= 15 is 0 Å². The summed E-state index contributed by atoms with van der Waals surface area (Å²) in [6.07, 6.45) is -1.10. The van der Waals surface area contributed by atoms with Gasteiger partial charge in [-0.1, -0.05) is 18.2 Å². The van der Waals surface area contributed by atoms with Crippen LogP contribution in [-0.2, 0) is 18.6 Å². The molecule has 0 spiro atoms. The fourth-order valence-corrected chi connectivity index (χ4v) is 3.14. The number of hydrogen-bond acceptors (Lipinski definition) is 7. The van der Waals surface area contributed by atoms with Gasteiger partial charge in [0.25, 0.3) is 5.56 Å². The molecular weight excluding hydrogens is 391 g/mol. The van der Waals surface area contributed by atoms with Gasteiger partial charge in [0.2, 0.25) is 0 Å². The summed E-state index contributed by atoms with van der Waals surface area (Å²) in [5.41, 5.74) is -0.554. The number of nitrogens with one attached hydrogen (secondary N) is 1. The summed E-state index contributed by atoms with van der Waals surface area (Å²) in [4.78, 5) is 47.1. The van der Waals surface area contributed by atoms with Crippen molar-refractivity contribution in [1.82, 2.24) is 9.55 Å². The first-order valence-electron chi connectivity index (χ1n) is 8.37. The number of rotatable bonds is 6. The van der Waals surface area contributed by atoms with E-state index in [9.17, 15) is 18.9 Å². The molecule has 2 heterocycles. The zero-order chi connectivity index (χ0) is 20.3. The predicted octanol–water partition coefficient (Wildman–Crippen LogP) is 1.02. The Labute approximate surface area is 159 Å². The van der Waals surface area contributed by atoms with E-state index in [-0.39, 0.29) is 13.0 Å². The maximum Gasteiger partial charge on any atom is 0.694 e. The monoisotopic (exact) mass is 409 g/mol. The molecule has 1 aliphatic heterocycles. The number of benzene rings is 1. The van der Waals surface area contributed by atoms with Crippen LogP contribution in [-0.4, -0.2) is 39.2 Å². The van der Waals surface area contributed by atoms with E-state index in [2.05, 4.69) is 4.98 Å². The quantitative estimate of drug-likeness (QED) is 0.533. The number of ether oxygens (including phenoxy) is 2. The first kappa shape index (κ1) is 20.1. The molecule has 148 valence electrons. The Morgan fingerprint density at radius 3 is 2.75 bits per heavy atom. The Morgan fingerprint density at radius 2 is 2.07 bits per heavy atom. The highest BCUT2D eigenvalue weighted by Crippen LogP contribution is 2.32. The van der Waals surface area contributed by atoms with Crippen LogP contribution in [0.5, 0.6) is 0 Å². The second-order valence-corrected chi connectivity index (χ2v) is 6.92. The molecule has 28 heavy (non-hydrogen) atoms. The topological polar surface area (TPSA) is 137 Å². The van der Waals surface area contributed by atoms with Crippen LogP contribution in [0.2, 0.25) is 0 Å². The molecule has 11 heteroatoms. The Hall–Kier alpha value is -2.65. The van der Waals surface area contributed by atoms with E-state index in [1.165, 1.54) is 17.7 Å². The molecule has 1 unspecified atom stereocenters. The fraction of sp³-hybridized carbons (Fsp3) is 0.353. The summed E-state index contributed by atoms with van der Waals surface area (Å²) >= 11 is 0. The first-order chi connectivity index (χ1) is 13.3. The van der Waals surface area contributed by atoms with Crippen LogP contribution in [0.4, 0.5) is 0 Å². The lowest BCUT2D eigenvalue weighted by atomic mass is 10.1. The molecule has 0 aliphatic carbocycles. The maximum absolute atomic E-state index is 12.4. The van der Waals surface area contributed by atoms with Crippen LogP contribution < -0.4 is 11.2 Å². The van der Waals surface area contributed by atoms with Gasteiger partial charge in [-0.3, -0.25) is 14.3 Å². The lowest BCUT2D eigenvalue weighted by Crippen LogP contribution is -2.33. The van der Waals surface area contributed by atoms with Crippen molar-refractivity contribution in [2.75, 3.05) is 6.61 Å². The molecule has 1 aliphatic rings. The van der Waals surface area contributed by atoms with E-state index in [1.54, 1.807) is 30.3 Å². The standard InChI is InChI=1S/C17H17N2O8P/c1-10-8-19(17(22)18-15(10)20)14-7-12(13(26-14)9-25-28(23)24)27-16(21)11-5-3-2-4-6-11/h2-6,8,12-14H,7,9H2,1H3,(H-,18,20,22,23,24)/p+1/t12-,13+,14+/m0/s1. The molecule has 2 N–H and O–H groups in total. The van der Waals surface area contributed by atoms with Crippen molar-refractivity contribution in [2.24, 2.45) is 0 Å². The molecule has 2 aromatic rings. The van der Waals surface area contributed by atoms with Crippen molar-refractivity contribution in [3.63, 3.8) is 0 Å². The van der Waals surface area contributed by atoms with E-state index in [0.717, 1.165) is 0 Å². The number of aryl methyl sites for hydroxylation is 1. The minimum absolute atomic E-state index is 0.0974. The van der Waals surface area contributed by atoms with Gasteiger partial charge in [0, 0.05) is 22.7 Å². The molecule has 1 fully saturated rings. The zero-order valence-corrected chi connectivity index (χ0v) is 15.7. The Kier molecular flexibility index (Phi) is 6.15. The second kappa shape index (κ2) is 8.57. The SMILES string of the molecule is Cc1cn([C@H]2C[C@H](OC(=O)c3ccccc3)[C@@H](CO[P+](=O)O)O2)c(=O)[nH]c1=O. The normalized spacial score (nSPS) is 22.1. The summed E-state index contributed by atoms with van der Waals surface area (Å²) in [5, 5.41) is 0. The number of esters is 1. The van der Waals surface area contributed by atoms with Gasteiger partial charge in [-0.2, -0.15) is 0 Å². The average Bonchev–Trinajstić information content (AvgIpc) is 3.06. The lowest BCUT2D eigenvalue weighted by Gasteiger charge is -2.16. The third kappa shape index (κ3) is 4.60. The van der Waals surface area contributed by atoms with Crippen LogP contribution in [0.15, 0.2) is 46.1 Å². The fourth-order valence-electron chi connectivity index (χ4n) is 2.86. The number of nitrogens with zero attached hydrogens (tertiary/aromatic N) is 1. The van der Waals surface area contributed by atoms with Gasteiger partial charge in [0.15, 0.2) is 0 Å². The van der Waals surface area contributed by atoms with E-state index in [0.29, 0.717) is 11.1 Å².